The summed E-state index contributed by atoms with van der Waals surface area (Å²) >= 11 is 0. The first-order valence-electron chi connectivity index (χ1n) is 5.64. The van der Waals surface area contributed by atoms with Gasteiger partial charge in [0, 0.05) is 25.5 Å². The Morgan fingerprint density at radius 3 is 3.06 bits per heavy atom. The van der Waals surface area contributed by atoms with Gasteiger partial charge in [-0.05, 0) is 25.8 Å². The quantitative estimate of drug-likeness (QED) is 0.791. The number of piperidine rings is 1. The third kappa shape index (κ3) is 2.24. The lowest BCUT2D eigenvalue weighted by molar-refractivity contribution is -0.137. The fourth-order valence-corrected chi connectivity index (χ4v) is 2.04. The largest absolute Gasteiger partial charge is 0.391 e. The Morgan fingerprint density at radius 2 is 2.44 bits per heavy atom. The summed E-state index contributed by atoms with van der Waals surface area (Å²) in [5, 5.41) is 13.6. The van der Waals surface area contributed by atoms with Gasteiger partial charge in [-0.2, -0.15) is 5.10 Å². The molecule has 2 atom stereocenters. The number of aliphatic hydroxyl groups is 1. The second-order valence-electron chi connectivity index (χ2n) is 4.24. The van der Waals surface area contributed by atoms with Gasteiger partial charge in [-0.1, -0.05) is 0 Å². The van der Waals surface area contributed by atoms with Gasteiger partial charge in [-0.25, -0.2) is 0 Å². The Bertz CT molecular complexity index is 350. The minimum atomic E-state index is -0.373. The zero-order chi connectivity index (χ0) is 11.5. The number of hydrogen-bond acceptors (Lipinski definition) is 3. The van der Waals surface area contributed by atoms with Crippen molar-refractivity contribution in [1.29, 1.82) is 0 Å². The van der Waals surface area contributed by atoms with Crippen molar-refractivity contribution in [2.75, 3.05) is 13.1 Å². The lowest BCUT2D eigenvalue weighted by Gasteiger charge is -2.32. The predicted molar refractivity (Wildman–Crippen MR) is 58.8 cm³/mol. The summed E-state index contributed by atoms with van der Waals surface area (Å²) in [5.41, 5.74) is 0. The van der Waals surface area contributed by atoms with Crippen LogP contribution in [-0.4, -0.2) is 44.9 Å². The van der Waals surface area contributed by atoms with Crippen LogP contribution in [0.15, 0.2) is 18.5 Å². The molecule has 16 heavy (non-hydrogen) atoms. The van der Waals surface area contributed by atoms with Crippen molar-refractivity contribution >= 4 is 5.91 Å². The normalized spacial score (nSPS) is 23.1. The molecule has 1 fully saturated rings. The molecule has 0 bridgehead atoms. The van der Waals surface area contributed by atoms with Gasteiger partial charge < -0.3 is 10.0 Å². The number of carbonyl (C=O) groups is 1. The number of rotatable bonds is 2. The monoisotopic (exact) mass is 223 g/mol. The summed E-state index contributed by atoms with van der Waals surface area (Å²) in [5.74, 6) is 0.0300. The summed E-state index contributed by atoms with van der Waals surface area (Å²) in [7, 11) is 0. The molecular weight excluding hydrogens is 206 g/mol. The van der Waals surface area contributed by atoms with E-state index in [1.165, 1.54) is 0 Å². The average molecular weight is 223 g/mol. The van der Waals surface area contributed by atoms with Crippen LogP contribution in [0.2, 0.25) is 0 Å². The number of aliphatic hydroxyl groups excluding tert-OH is 1. The highest BCUT2D eigenvalue weighted by Crippen LogP contribution is 2.15. The summed E-state index contributed by atoms with van der Waals surface area (Å²) in [6.45, 7) is 3.02. The van der Waals surface area contributed by atoms with Crippen molar-refractivity contribution < 1.29 is 9.90 Å². The lowest BCUT2D eigenvalue weighted by atomic mass is 10.1. The molecule has 1 N–H and O–H groups in total. The van der Waals surface area contributed by atoms with Gasteiger partial charge in [-0.15, -0.1) is 0 Å². The van der Waals surface area contributed by atoms with Crippen LogP contribution in [0.4, 0.5) is 0 Å². The summed E-state index contributed by atoms with van der Waals surface area (Å²) in [6, 6.07) is 1.51. The molecule has 1 aliphatic rings. The van der Waals surface area contributed by atoms with Crippen LogP contribution in [-0.2, 0) is 4.79 Å². The number of likely N-dealkylation sites (tertiary alicyclic amines) is 1. The second kappa shape index (κ2) is 4.65. The molecule has 1 aromatic heterocycles. The first-order chi connectivity index (χ1) is 7.68. The molecule has 1 amide bonds. The van der Waals surface area contributed by atoms with Gasteiger partial charge in [0.05, 0.1) is 6.10 Å². The molecule has 5 heteroatoms. The lowest BCUT2D eigenvalue weighted by Crippen LogP contribution is -2.44. The molecule has 1 saturated heterocycles. The number of carbonyl (C=O) groups excluding carboxylic acids is 1. The van der Waals surface area contributed by atoms with Crippen molar-refractivity contribution in [2.24, 2.45) is 0 Å². The molecule has 2 heterocycles. The Balaban J connectivity index is 2.01. The molecule has 0 saturated carbocycles. The molecular formula is C11H17N3O2. The number of hydrogen-bond donors (Lipinski definition) is 1. The zero-order valence-corrected chi connectivity index (χ0v) is 9.41. The van der Waals surface area contributed by atoms with E-state index >= 15 is 0 Å². The molecule has 2 unspecified atom stereocenters. The van der Waals surface area contributed by atoms with E-state index in [1.807, 2.05) is 6.92 Å². The zero-order valence-electron chi connectivity index (χ0n) is 9.41. The highest BCUT2D eigenvalue weighted by atomic mass is 16.3. The molecule has 0 aliphatic carbocycles. The predicted octanol–water partition coefficient (Wildman–Crippen LogP) is 0.427. The standard InChI is InChI=1S/C11H17N3O2/c1-9(14-7-3-5-12-14)11(16)13-6-2-4-10(15)8-13/h3,5,7,9-10,15H,2,4,6,8H2,1H3. The molecule has 0 radical (unpaired) electrons. The highest BCUT2D eigenvalue weighted by Gasteiger charge is 2.26. The SMILES string of the molecule is CC(C(=O)N1CCCC(O)C1)n1cccn1. The van der Waals surface area contributed by atoms with E-state index in [2.05, 4.69) is 5.10 Å². The van der Waals surface area contributed by atoms with Gasteiger partial charge in [0.2, 0.25) is 5.91 Å². The maximum atomic E-state index is 12.1. The first-order valence-corrected chi connectivity index (χ1v) is 5.64. The van der Waals surface area contributed by atoms with Crippen molar-refractivity contribution in [2.45, 2.75) is 31.9 Å². The maximum absolute atomic E-state index is 12.1. The minimum Gasteiger partial charge on any atom is -0.391 e. The summed E-state index contributed by atoms with van der Waals surface area (Å²) in [4.78, 5) is 13.8. The average Bonchev–Trinajstić information content (AvgIpc) is 2.80. The van der Waals surface area contributed by atoms with E-state index in [-0.39, 0.29) is 18.1 Å². The number of nitrogens with zero attached hydrogens (tertiary/aromatic N) is 3. The fraction of sp³-hybridized carbons (Fsp3) is 0.636. The van der Waals surface area contributed by atoms with Crippen LogP contribution in [0.5, 0.6) is 0 Å². The Labute approximate surface area is 94.7 Å². The van der Waals surface area contributed by atoms with E-state index in [9.17, 15) is 9.90 Å². The number of aromatic nitrogens is 2. The molecule has 2 rings (SSSR count). The van der Waals surface area contributed by atoms with Gasteiger partial charge >= 0.3 is 0 Å². The third-order valence-electron chi connectivity index (χ3n) is 2.99. The fourth-order valence-electron chi connectivity index (χ4n) is 2.04. The number of β-amino-alcohol motifs (C(OH)–C–C–N with tert-alkyl or cyclic N) is 1. The first kappa shape index (κ1) is 11.1. The Hall–Kier alpha value is -1.36. The van der Waals surface area contributed by atoms with Gasteiger partial charge in [0.15, 0.2) is 0 Å². The second-order valence-corrected chi connectivity index (χ2v) is 4.24. The Morgan fingerprint density at radius 1 is 1.62 bits per heavy atom. The van der Waals surface area contributed by atoms with E-state index in [0.717, 1.165) is 19.4 Å². The van der Waals surface area contributed by atoms with Crippen LogP contribution < -0.4 is 0 Å². The van der Waals surface area contributed by atoms with E-state index in [4.69, 9.17) is 0 Å². The molecule has 0 spiro atoms. The van der Waals surface area contributed by atoms with E-state index in [1.54, 1.807) is 28.0 Å². The van der Waals surface area contributed by atoms with Crippen molar-refractivity contribution in [1.82, 2.24) is 14.7 Å². The highest BCUT2D eigenvalue weighted by molar-refractivity contribution is 5.80. The Kier molecular flexibility index (Phi) is 3.24. The molecule has 1 aliphatic heterocycles. The van der Waals surface area contributed by atoms with Gasteiger partial charge in [-0.3, -0.25) is 9.48 Å². The molecule has 0 aromatic carbocycles. The van der Waals surface area contributed by atoms with Crippen LogP contribution in [0.3, 0.4) is 0 Å². The van der Waals surface area contributed by atoms with Gasteiger partial charge in [0.1, 0.15) is 6.04 Å². The molecule has 5 nitrogen and oxygen atoms in total. The van der Waals surface area contributed by atoms with Crippen molar-refractivity contribution in [3.8, 4) is 0 Å². The molecule has 1 aromatic rings. The smallest absolute Gasteiger partial charge is 0.247 e. The van der Waals surface area contributed by atoms with Crippen LogP contribution >= 0.6 is 0 Å². The van der Waals surface area contributed by atoms with Crippen molar-refractivity contribution in [3.63, 3.8) is 0 Å². The van der Waals surface area contributed by atoms with Crippen molar-refractivity contribution in [3.05, 3.63) is 18.5 Å². The summed E-state index contributed by atoms with van der Waals surface area (Å²) < 4.78 is 1.64. The van der Waals surface area contributed by atoms with Crippen LogP contribution in [0, 0.1) is 0 Å². The molecule has 88 valence electrons. The number of amides is 1. The van der Waals surface area contributed by atoms with Crippen LogP contribution in [0.1, 0.15) is 25.8 Å². The maximum Gasteiger partial charge on any atom is 0.247 e. The van der Waals surface area contributed by atoms with E-state index < -0.39 is 0 Å². The third-order valence-corrected chi connectivity index (χ3v) is 2.99. The minimum absolute atomic E-state index is 0.0300. The van der Waals surface area contributed by atoms with Gasteiger partial charge in [0.25, 0.3) is 0 Å². The van der Waals surface area contributed by atoms with E-state index in [0.29, 0.717) is 6.54 Å². The van der Waals surface area contributed by atoms with Crippen LogP contribution in [0.25, 0.3) is 0 Å². The summed E-state index contributed by atoms with van der Waals surface area (Å²) in [6.07, 6.45) is 4.73. The topological polar surface area (TPSA) is 58.4 Å².